The Morgan fingerprint density at radius 2 is 1.81 bits per heavy atom. The molecule has 2 aromatic carbocycles. The van der Waals surface area contributed by atoms with E-state index in [0.29, 0.717) is 49.2 Å². The Balaban J connectivity index is 1.48. The number of anilines is 1. The second kappa shape index (κ2) is 9.72. The summed E-state index contributed by atoms with van der Waals surface area (Å²) in [5.41, 5.74) is 1.71. The molecule has 0 aliphatic carbocycles. The van der Waals surface area contributed by atoms with Gasteiger partial charge in [-0.15, -0.1) is 11.8 Å². The van der Waals surface area contributed by atoms with E-state index in [9.17, 15) is 13.2 Å². The zero-order chi connectivity index (χ0) is 22.7. The van der Waals surface area contributed by atoms with Gasteiger partial charge in [0, 0.05) is 30.2 Å². The van der Waals surface area contributed by atoms with Gasteiger partial charge in [-0.2, -0.15) is 4.31 Å². The topological polar surface area (TPSA) is 76.2 Å². The van der Waals surface area contributed by atoms with Crippen molar-refractivity contribution >= 4 is 33.4 Å². The number of rotatable bonds is 7. The van der Waals surface area contributed by atoms with Crippen molar-refractivity contribution in [2.75, 3.05) is 43.5 Å². The summed E-state index contributed by atoms with van der Waals surface area (Å²) in [7, 11) is -3.52. The van der Waals surface area contributed by atoms with Gasteiger partial charge in [0.15, 0.2) is 11.5 Å². The van der Waals surface area contributed by atoms with Gasteiger partial charge in [-0.05, 0) is 54.8 Å². The minimum absolute atomic E-state index is 0.00480. The molecule has 0 atom stereocenters. The van der Waals surface area contributed by atoms with Gasteiger partial charge in [0.2, 0.25) is 15.9 Å². The van der Waals surface area contributed by atoms with Gasteiger partial charge < -0.3 is 14.4 Å². The molecule has 2 aromatic rings. The lowest BCUT2D eigenvalue weighted by atomic mass is 10.0. The highest BCUT2D eigenvalue weighted by Gasteiger charge is 2.27. The average Bonchev–Trinajstić information content (AvgIpc) is 2.82. The summed E-state index contributed by atoms with van der Waals surface area (Å²) < 4.78 is 38.4. The van der Waals surface area contributed by atoms with Crippen molar-refractivity contribution in [2.45, 2.75) is 36.5 Å². The molecule has 0 spiro atoms. The Bertz CT molecular complexity index is 1100. The minimum atomic E-state index is -3.52. The zero-order valence-corrected chi connectivity index (χ0v) is 20.0. The third-order valence-electron chi connectivity index (χ3n) is 5.69. The standard InChI is InChI=1S/C23H28N2O5S2/c1-3-24(4-2)32(27,28)19-8-9-20-17(14-19)6-5-11-25(20)23(26)16-31-18-7-10-21-22(15-18)30-13-12-29-21/h7-10,14-15H,3-6,11-13,16H2,1-2H3. The monoisotopic (exact) mass is 476 g/mol. The van der Waals surface area contributed by atoms with Crippen molar-refractivity contribution in [2.24, 2.45) is 0 Å². The minimum Gasteiger partial charge on any atom is -0.486 e. The van der Waals surface area contributed by atoms with Crippen LogP contribution < -0.4 is 14.4 Å². The van der Waals surface area contributed by atoms with Crippen LogP contribution in [0.25, 0.3) is 0 Å². The molecular formula is C23H28N2O5S2. The van der Waals surface area contributed by atoms with Crippen molar-refractivity contribution in [3.63, 3.8) is 0 Å². The quantitative estimate of drug-likeness (QED) is 0.569. The Morgan fingerprint density at radius 3 is 2.56 bits per heavy atom. The summed E-state index contributed by atoms with van der Waals surface area (Å²) in [6, 6.07) is 10.8. The van der Waals surface area contributed by atoms with Crippen LogP contribution in [0.15, 0.2) is 46.2 Å². The number of carbonyl (C=O) groups is 1. The number of nitrogens with zero attached hydrogens (tertiary/aromatic N) is 2. The average molecular weight is 477 g/mol. The van der Waals surface area contributed by atoms with Gasteiger partial charge in [-0.1, -0.05) is 13.8 Å². The lowest BCUT2D eigenvalue weighted by molar-refractivity contribution is -0.116. The molecule has 2 aliphatic heterocycles. The molecule has 2 heterocycles. The van der Waals surface area contributed by atoms with Crippen molar-refractivity contribution in [1.82, 2.24) is 4.31 Å². The van der Waals surface area contributed by atoms with Gasteiger partial charge in [0.1, 0.15) is 13.2 Å². The first kappa shape index (κ1) is 22.9. The number of fused-ring (bicyclic) bond motifs is 2. The maximum absolute atomic E-state index is 13.0. The summed E-state index contributed by atoms with van der Waals surface area (Å²) in [5.74, 6) is 1.73. The number of benzene rings is 2. The van der Waals surface area contributed by atoms with Crippen LogP contribution in [0.1, 0.15) is 25.8 Å². The maximum atomic E-state index is 13.0. The second-order valence-electron chi connectivity index (χ2n) is 7.62. The molecule has 0 unspecified atom stereocenters. The molecule has 0 bridgehead atoms. The number of thioether (sulfide) groups is 1. The van der Waals surface area contributed by atoms with Crippen LogP contribution in [0.2, 0.25) is 0 Å². The Labute approximate surface area is 193 Å². The highest BCUT2D eigenvalue weighted by Crippen LogP contribution is 2.35. The first-order chi connectivity index (χ1) is 15.4. The van der Waals surface area contributed by atoms with E-state index in [1.54, 1.807) is 23.1 Å². The molecule has 0 saturated carbocycles. The molecule has 0 fully saturated rings. The maximum Gasteiger partial charge on any atom is 0.243 e. The first-order valence-electron chi connectivity index (χ1n) is 10.9. The SMILES string of the molecule is CCN(CC)S(=O)(=O)c1ccc2c(c1)CCCN2C(=O)CSc1ccc2c(c1)OCCO2. The van der Waals surface area contributed by atoms with E-state index in [2.05, 4.69) is 0 Å². The summed E-state index contributed by atoms with van der Waals surface area (Å²) in [6.45, 7) is 6.23. The summed E-state index contributed by atoms with van der Waals surface area (Å²) in [4.78, 5) is 16.0. The fourth-order valence-electron chi connectivity index (χ4n) is 4.04. The molecule has 9 heteroatoms. The van der Waals surface area contributed by atoms with Crippen molar-refractivity contribution < 1.29 is 22.7 Å². The van der Waals surface area contributed by atoms with Gasteiger partial charge >= 0.3 is 0 Å². The van der Waals surface area contributed by atoms with Crippen LogP contribution in [0.3, 0.4) is 0 Å². The summed E-state index contributed by atoms with van der Waals surface area (Å²) in [5, 5.41) is 0. The predicted molar refractivity (Wildman–Crippen MR) is 125 cm³/mol. The van der Waals surface area contributed by atoms with Crippen LogP contribution in [-0.2, 0) is 21.2 Å². The van der Waals surface area contributed by atoms with Crippen molar-refractivity contribution in [3.8, 4) is 11.5 Å². The molecule has 0 radical (unpaired) electrons. The van der Waals surface area contributed by atoms with Crippen LogP contribution in [0, 0.1) is 0 Å². The van der Waals surface area contributed by atoms with Gasteiger partial charge in [-0.25, -0.2) is 8.42 Å². The lowest BCUT2D eigenvalue weighted by Crippen LogP contribution is -2.37. The number of hydrogen-bond donors (Lipinski definition) is 0. The number of ether oxygens (including phenoxy) is 2. The molecule has 172 valence electrons. The van der Waals surface area contributed by atoms with E-state index < -0.39 is 10.0 Å². The third-order valence-corrected chi connectivity index (χ3v) is 8.71. The number of hydrogen-bond acceptors (Lipinski definition) is 6. The smallest absolute Gasteiger partial charge is 0.243 e. The number of amides is 1. The van der Waals surface area contributed by atoms with E-state index in [1.807, 2.05) is 32.0 Å². The molecule has 32 heavy (non-hydrogen) atoms. The number of carbonyl (C=O) groups excluding carboxylic acids is 1. The van der Waals surface area contributed by atoms with Crippen molar-refractivity contribution in [1.29, 1.82) is 0 Å². The highest BCUT2D eigenvalue weighted by atomic mass is 32.2. The largest absolute Gasteiger partial charge is 0.486 e. The van der Waals surface area contributed by atoms with E-state index in [1.165, 1.54) is 16.1 Å². The molecule has 1 amide bonds. The lowest BCUT2D eigenvalue weighted by Gasteiger charge is -2.30. The second-order valence-corrected chi connectivity index (χ2v) is 10.6. The van der Waals surface area contributed by atoms with E-state index >= 15 is 0 Å². The van der Waals surface area contributed by atoms with Gasteiger partial charge in [0.05, 0.1) is 10.6 Å². The normalized spacial score (nSPS) is 15.5. The first-order valence-corrected chi connectivity index (χ1v) is 13.3. The van der Waals surface area contributed by atoms with Gasteiger partial charge in [0.25, 0.3) is 0 Å². The molecule has 0 N–H and O–H groups in total. The molecular weight excluding hydrogens is 448 g/mol. The van der Waals surface area contributed by atoms with Crippen molar-refractivity contribution in [3.05, 3.63) is 42.0 Å². The van der Waals surface area contributed by atoms with Crippen LogP contribution in [-0.4, -0.2) is 57.2 Å². The molecule has 0 saturated heterocycles. The zero-order valence-electron chi connectivity index (χ0n) is 18.4. The molecule has 0 aromatic heterocycles. The van der Waals surface area contributed by atoms with Gasteiger partial charge in [-0.3, -0.25) is 4.79 Å². The predicted octanol–water partition coefficient (Wildman–Crippen LogP) is 3.56. The summed E-state index contributed by atoms with van der Waals surface area (Å²) in [6.07, 6.45) is 1.57. The highest BCUT2D eigenvalue weighted by molar-refractivity contribution is 8.00. The van der Waals surface area contributed by atoms with E-state index in [4.69, 9.17) is 9.47 Å². The summed E-state index contributed by atoms with van der Waals surface area (Å²) >= 11 is 1.46. The number of sulfonamides is 1. The van der Waals surface area contributed by atoms with E-state index in [-0.39, 0.29) is 5.91 Å². The number of aryl methyl sites for hydroxylation is 1. The fourth-order valence-corrected chi connectivity index (χ4v) is 6.35. The molecule has 4 rings (SSSR count). The third kappa shape index (κ3) is 4.60. The van der Waals surface area contributed by atoms with Crippen LogP contribution >= 0.6 is 11.8 Å². The van der Waals surface area contributed by atoms with Crippen LogP contribution in [0.5, 0.6) is 11.5 Å². The Morgan fingerprint density at radius 1 is 1.06 bits per heavy atom. The fraction of sp³-hybridized carbons (Fsp3) is 0.435. The van der Waals surface area contributed by atoms with Crippen LogP contribution in [0.4, 0.5) is 5.69 Å². The molecule has 7 nitrogen and oxygen atoms in total. The molecule has 2 aliphatic rings. The Hall–Kier alpha value is -2.23. The van der Waals surface area contributed by atoms with E-state index in [0.717, 1.165) is 34.7 Å². The Kier molecular flexibility index (Phi) is 6.97.